The summed E-state index contributed by atoms with van der Waals surface area (Å²) in [6.07, 6.45) is 4.30. The molecule has 0 saturated carbocycles. The molecule has 29 heavy (non-hydrogen) atoms. The van der Waals surface area contributed by atoms with Crippen molar-refractivity contribution in [1.29, 1.82) is 0 Å². The summed E-state index contributed by atoms with van der Waals surface area (Å²) < 4.78 is 5.44. The Labute approximate surface area is 168 Å². The molecule has 2 aliphatic rings. The molecule has 1 fully saturated rings. The number of benzene rings is 1. The minimum atomic E-state index is -0.411. The van der Waals surface area contributed by atoms with E-state index in [2.05, 4.69) is 20.2 Å². The maximum Gasteiger partial charge on any atom is 0.261 e. The number of carbonyl (C=O) groups excluding carboxylic acids is 2. The van der Waals surface area contributed by atoms with E-state index >= 15 is 0 Å². The first kappa shape index (κ1) is 18.9. The number of ether oxygens (including phenoxy) is 1. The fraction of sp³-hybridized carbons (Fsp3) is 0.300. The fourth-order valence-corrected chi connectivity index (χ4v) is 3.54. The third-order valence-electron chi connectivity index (χ3n) is 5.02. The molecule has 0 spiro atoms. The molecule has 9 nitrogen and oxygen atoms in total. The average Bonchev–Trinajstić information content (AvgIpc) is 3.02. The quantitative estimate of drug-likeness (QED) is 0.739. The van der Waals surface area contributed by atoms with Crippen molar-refractivity contribution in [3.63, 3.8) is 0 Å². The van der Waals surface area contributed by atoms with Gasteiger partial charge in [0.1, 0.15) is 0 Å². The minimum Gasteiger partial charge on any atom is -0.404 e. The van der Waals surface area contributed by atoms with Crippen molar-refractivity contribution in [3.05, 3.63) is 53.7 Å². The number of aromatic nitrogens is 2. The largest absolute Gasteiger partial charge is 0.404 e. The molecule has 150 valence electrons. The van der Waals surface area contributed by atoms with Crippen LogP contribution in [0.15, 0.2) is 36.8 Å². The first-order valence-corrected chi connectivity index (χ1v) is 9.34. The van der Waals surface area contributed by atoms with Gasteiger partial charge in [-0.25, -0.2) is 9.97 Å². The smallest absolute Gasteiger partial charge is 0.261 e. The van der Waals surface area contributed by atoms with Crippen LogP contribution in [0.25, 0.3) is 5.57 Å². The van der Waals surface area contributed by atoms with Gasteiger partial charge in [0.15, 0.2) is 5.82 Å². The summed E-state index contributed by atoms with van der Waals surface area (Å²) in [6, 6.07) is 5.38. The highest BCUT2D eigenvalue weighted by atomic mass is 16.5. The van der Waals surface area contributed by atoms with E-state index in [1.165, 1.54) is 6.20 Å². The van der Waals surface area contributed by atoms with Gasteiger partial charge in [-0.2, -0.15) is 0 Å². The second kappa shape index (κ2) is 7.88. The summed E-state index contributed by atoms with van der Waals surface area (Å²) in [4.78, 5) is 37.4. The second-order valence-corrected chi connectivity index (χ2v) is 6.89. The molecule has 0 unspecified atom stereocenters. The molecule has 9 heteroatoms. The Bertz CT molecular complexity index is 970. The van der Waals surface area contributed by atoms with Gasteiger partial charge in [0.25, 0.3) is 11.8 Å². The van der Waals surface area contributed by atoms with E-state index in [4.69, 9.17) is 10.5 Å². The van der Waals surface area contributed by atoms with Gasteiger partial charge >= 0.3 is 0 Å². The number of hydrogen-bond donors (Lipinski definition) is 2. The van der Waals surface area contributed by atoms with Gasteiger partial charge in [0.05, 0.1) is 30.2 Å². The SMILES string of the molecule is CN1Cc2cc(NC(=O)C(=CN)c3ncccn3)c(N3CCOCC3)cc2C1=O. The van der Waals surface area contributed by atoms with Crippen LogP contribution in [0.5, 0.6) is 0 Å². The van der Waals surface area contributed by atoms with E-state index in [1.807, 2.05) is 12.1 Å². The standard InChI is InChI=1S/C20H22N6O3/c1-25-12-13-9-16(24-19(27)15(11-21)18-22-3-2-4-23-18)17(10-14(13)20(25)28)26-5-7-29-8-6-26/h2-4,9-11H,5-8,12,21H2,1H3,(H,24,27). The lowest BCUT2D eigenvalue weighted by Gasteiger charge is -2.31. The topological polar surface area (TPSA) is 114 Å². The highest BCUT2D eigenvalue weighted by molar-refractivity contribution is 6.25. The summed E-state index contributed by atoms with van der Waals surface area (Å²) in [5, 5.41) is 2.94. The van der Waals surface area contributed by atoms with Crippen LogP contribution in [0.1, 0.15) is 21.7 Å². The fourth-order valence-electron chi connectivity index (χ4n) is 3.54. The van der Waals surface area contributed by atoms with Crippen molar-refractivity contribution in [1.82, 2.24) is 14.9 Å². The first-order chi connectivity index (χ1) is 14.1. The summed E-state index contributed by atoms with van der Waals surface area (Å²) in [5.74, 6) is -0.185. The number of hydrogen-bond acceptors (Lipinski definition) is 7. The molecule has 0 radical (unpaired) electrons. The van der Waals surface area contributed by atoms with E-state index in [1.54, 1.807) is 30.4 Å². The summed E-state index contributed by atoms with van der Waals surface area (Å²) in [5.41, 5.74) is 8.80. The molecular formula is C20H22N6O3. The maximum atomic E-state index is 12.9. The lowest BCUT2D eigenvalue weighted by Crippen LogP contribution is -2.37. The van der Waals surface area contributed by atoms with Gasteiger partial charge in [-0.1, -0.05) is 0 Å². The Kier molecular flexibility index (Phi) is 5.13. The van der Waals surface area contributed by atoms with Crippen LogP contribution in [0, 0.1) is 0 Å². The molecule has 4 rings (SSSR count). The molecular weight excluding hydrogens is 372 g/mol. The van der Waals surface area contributed by atoms with Crippen LogP contribution >= 0.6 is 0 Å². The molecule has 2 aliphatic heterocycles. The number of nitrogens with zero attached hydrogens (tertiary/aromatic N) is 4. The predicted octanol–water partition coefficient (Wildman–Crippen LogP) is 0.837. The van der Waals surface area contributed by atoms with Crippen LogP contribution in [0.3, 0.4) is 0 Å². The molecule has 2 amide bonds. The highest BCUT2D eigenvalue weighted by Gasteiger charge is 2.28. The molecule has 1 saturated heterocycles. The molecule has 3 N–H and O–H groups in total. The van der Waals surface area contributed by atoms with Gasteiger partial charge in [-0.15, -0.1) is 0 Å². The van der Waals surface area contributed by atoms with E-state index in [-0.39, 0.29) is 17.3 Å². The average molecular weight is 394 g/mol. The van der Waals surface area contributed by atoms with Crippen molar-refractivity contribution in [2.75, 3.05) is 43.6 Å². The monoisotopic (exact) mass is 394 g/mol. The van der Waals surface area contributed by atoms with Crippen molar-refractivity contribution in [3.8, 4) is 0 Å². The van der Waals surface area contributed by atoms with E-state index < -0.39 is 5.91 Å². The molecule has 1 aromatic carbocycles. The first-order valence-electron chi connectivity index (χ1n) is 9.34. The zero-order chi connectivity index (χ0) is 20.4. The van der Waals surface area contributed by atoms with Crippen LogP contribution in [-0.4, -0.2) is 60.0 Å². The molecule has 3 heterocycles. The van der Waals surface area contributed by atoms with Gasteiger partial charge in [0, 0.05) is 50.8 Å². The number of amides is 2. The molecule has 0 bridgehead atoms. The Morgan fingerprint density at radius 1 is 1.24 bits per heavy atom. The van der Waals surface area contributed by atoms with Crippen LogP contribution < -0.4 is 16.0 Å². The number of rotatable bonds is 4. The number of morpholine rings is 1. The highest BCUT2D eigenvalue weighted by Crippen LogP contribution is 2.35. The number of anilines is 2. The summed E-state index contributed by atoms with van der Waals surface area (Å²) in [6.45, 7) is 3.02. The second-order valence-electron chi connectivity index (χ2n) is 6.89. The molecule has 0 atom stereocenters. The van der Waals surface area contributed by atoms with E-state index in [9.17, 15) is 9.59 Å². The lowest BCUT2D eigenvalue weighted by atomic mass is 10.1. The third-order valence-corrected chi connectivity index (χ3v) is 5.02. The molecule has 0 aliphatic carbocycles. The van der Waals surface area contributed by atoms with Gasteiger partial charge in [0.2, 0.25) is 0 Å². The molecule has 1 aromatic heterocycles. The van der Waals surface area contributed by atoms with E-state index in [0.717, 1.165) is 11.3 Å². The van der Waals surface area contributed by atoms with Gasteiger partial charge < -0.3 is 25.6 Å². The van der Waals surface area contributed by atoms with Gasteiger partial charge in [-0.3, -0.25) is 9.59 Å². The van der Waals surface area contributed by atoms with Crippen molar-refractivity contribution >= 4 is 28.8 Å². The van der Waals surface area contributed by atoms with Crippen molar-refractivity contribution in [2.24, 2.45) is 5.73 Å². The van der Waals surface area contributed by atoms with Crippen LogP contribution in [-0.2, 0) is 16.1 Å². The third kappa shape index (κ3) is 3.64. The van der Waals surface area contributed by atoms with Gasteiger partial charge in [-0.05, 0) is 23.8 Å². The zero-order valence-corrected chi connectivity index (χ0v) is 16.1. The Morgan fingerprint density at radius 2 is 1.97 bits per heavy atom. The summed E-state index contributed by atoms with van der Waals surface area (Å²) >= 11 is 0. The number of nitrogens with one attached hydrogen (secondary N) is 1. The Hall–Kier alpha value is -3.46. The maximum absolute atomic E-state index is 12.9. The Morgan fingerprint density at radius 3 is 2.66 bits per heavy atom. The van der Waals surface area contributed by atoms with E-state index in [0.29, 0.717) is 44.1 Å². The lowest BCUT2D eigenvalue weighted by molar-refractivity contribution is -0.111. The number of nitrogens with two attached hydrogens (primary N) is 1. The predicted molar refractivity (Wildman–Crippen MR) is 108 cm³/mol. The number of fused-ring (bicyclic) bond motifs is 1. The van der Waals surface area contributed by atoms with Crippen LogP contribution in [0.4, 0.5) is 11.4 Å². The van der Waals surface area contributed by atoms with Crippen LogP contribution in [0.2, 0.25) is 0 Å². The molecule has 2 aromatic rings. The zero-order valence-electron chi connectivity index (χ0n) is 16.1. The minimum absolute atomic E-state index is 0.0207. The van der Waals surface area contributed by atoms with Crippen molar-refractivity contribution < 1.29 is 14.3 Å². The Balaban J connectivity index is 1.69. The number of carbonyl (C=O) groups is 2. The summed E-state index contributed by atoms with van der Waals surface area (Å²) in [7, 11) is 1.76. The normalized spacial score (nSPS) is 16.7. The van der Waals surface area contributed by atoms with Crippen molar-refractivity contribution in [2.45, 2.75) is 6.54 Å².